The third kappa shape index (κ3) is 3.52. The van der Waals surface area contributed by atoms with E-state index in [9.17, 15) is 0 Å². The van der Waals surface area contributed by atoms with Crippen molar-refractivity contribution in [3.63, 3.8) is 0 Å². The Kier molecular flexibility index (Phi) is 4.79. The molecule has 0 unspecified atom stereocenters. The molecular formula is C24H23N3S. The first-order valence-corrected chi connectivity index (χ1v) is 10.8. The molecule has 5 rings (SSSR count). The summed E-state index contributed by atoms with van der Waals surface area (Å²) in [7, 11) is 0. The number of benzene rings is 2. The Morgan fingerprint density at radius 3 is 2.32 bits per heavy atom. The number of nitrogens with zero attached hydrogens (tertiary/aromatic N) is 2. The van der Waals surface area contributed by atoms with Crippen molar-refractivity contribution < 1.29 is 0 Å². The standard InChI is InChI=1S/C24H23N3S/c1-3-9-17(10-4-1)15-21-26-23(25-16-18-11-5-2-6-12-18)22-19-13-7-8-14-20(19)28-24(22)27-21/h1-6,9-12H,7-8,13-16H2,(H,25,26,27). The second kappa shape index (κ2) is 7.72. The van der Waals surface area contributed by atoms with Crippen molar-refractivity contribution in [3.05, 3.63) is 88.1 Å². The zero-order valence-corrected chi connectivity index (χ0v) is 16.6. The zero-order valence-electron chi connectivity index (χ0n) is 15.8. The second-order valence-electron chi connectivity index (χ2n) is 7.38. The van der Waals surface area contributed by atoms with Gasteiger partial charge in [-0.05, 0) is 42.4 Å². The van der Waals surface area contributed by atoms with E-state index in [1.165, 1.54) is 46.2 Å². The molecule has 4 heteroatoms. The number of nitrogens with one attached hydrogen (secondary N) is 1. The van der Waals surface area contributed by atoms with Crippen molar-refractivity contribution in [3.8, 4) is 0 Å². The minimum absolute atomic E-state index is 0.763. The van der Waals surface area contributed by atoms with Crippen LogP contribution in [0.1, 0.15) is 40.2 Å². The number of aromatic nitrogens is 2. The van der Waals surface area contributed by atoms with Gasteiger partial charge in [-0.25, -0.2) is 9.97 Å². The lowest BCUT2D eigenvalue weighted by atomic mass is 9.97. The molecule has 2 aromatic carbocycles. The summed E-state index contributed by atoms with van der Waals surface area (Å²) >= 11 is 1.87. The monoisotopic (exact) mass is 385 g/mol. The molecule has 28 heavy (non-hydrogen) atoms. The molecule has 140 valence electrons. The highest BCUT2D eigenvalue weighted by Gasteiger charge is 2.21. The van der Waals surface area contributed by atoms with Gasteiger partial charge in [0.15, 0.2) is 0 Å². The predicted molar refractivity (Wildman–Crippen MR) is 117 cm³/mol. The number of rotatable bonds is 5. The van der Waals surface area contributed by atoms with Gasteiger partial charge in [0.2, 0.25) is 0 Å². The highest BCUT2D eigenvalue weighted by Crippen LogP contribution is 2.38. The number of hydrogen-bond donors (Lipinski definition) is 1. The fraction of sp³-hybridized carbons (Fsp3) is 0.250. The van der Waals surface area contributed by atoms with Crippen molar-refractivity contribution >= 4 is 27.4 Å². The second-order valence-corrected chi connectivity index (χ2v) is 8.46. The van der Waals surface area contributed by atoms with E-state index < -0.39 is 0 Å². The number of aryl methyl sites for hydroxylation is 2. The molecule has 0 aliphatic heterocycles. The summed E-state index contributed by atoms with van der Waals surface area (Å²) in [5.74, 6) is 1.90. The average Bonchev–Trinajstić information content (AvgIpc) is 3.12. The number of thiophene rings is 1. The Morgan fingerprint density at radius 1 is 0.821 bits per heavy atom. The van der Waals surface area contributed by atoms with Gasteiger partial charge in [-0.2, -0.15) is 0 Å². The van der Waals surface area contributed by atoms with Crippen LogP contribution in [0.5, 0.6) is 0 Å². The zero-order chi connectivity index (χ0) is 18.8. The number of fused-ring (bicyclic) bond motifs is 3. The van der Waals surface area contributed by atoms with Crippen molar-refractivity contribution in [2.24, 2.45) is 0 Å². The van der Waals surface area contributed by atoms with Gasteiger partial charge in [-0.3, -0.25) is 0 Å². The number of hydrogen-bond acceptors (Lipinski definition) is 4. The van der Waals surface area contributed by atoms with E-state index in [2.05, 4.69) is 59.9 Å². The summed E-state index contributed by atoms with van der Waals surface area (Å²) in [6.45, 7) is 0.780. The topological polar surface area (TPSA) is 37.8 Å². The molecule has 2 heterocycles. The fourth-order valence-electron chi connectivity index (χ4n) is 3.97. The van der Waals surface area contributed by atoms with E-state index in [0.717, 1.165) is 35.9 Å². The molecule has 0 saturated carbocycles. The molecule has 0 saturated heterocycles. The predicted octanol–water partition coefficient (Wildman–Crippen LogP) is 5.77. The van der Waals surface area contributed by atoms with Crippen molar-refractivity contribution in [1.29, 1.82) is 0 Å². The Hall–Kier alpha value is -2.72. The van der Waals surface area contributed by atoms with Crippen LogP contribution in [0.25, 0.3) is 10.2 Å². The Balaban J connectivity index is 1.55. The van der Waals surface area contributed by atoms with Crippen molar-refractivity contribution in [1.82, 2.24) is 9.97 Å². The van der Waals surface area contributed by atoms with Gasteiger partial charge in [-0.1, -0.05) is 60.7 Å². The maximum absolute atomic E-state index is 4.98. The molecule has 0 fully saturated rings. The first-order chi connectivity index (χ1) is 13.9. The Bertz CT molecular complexity index is 1090. The largest absolute Gasteiger partial charge is 0.365 e. The highest BCUT2D eigenvalue weighted by molar-refractivity contribution is 7.19. The minimum Gasteiger partial charge on any atom is -0.365 e. The quantitative estimate of drug-likeness (QED) is 0.474. The summed E-state index contributed by atoms with van der Waals surface area (Å²) < 4.78 is 0. The lowest BCUT2D eigenvalue weighted by Gasteiger charge is -2.13. The number of anilines is 1. The molecule has 1 N–H and O–H groups in total. The van der Waals surface area contributed by atoms with Gasteiger partial charge in [0.05, 0.1) is 5.39 Å². The van der Waals surface area contributed by atoms with Crippen LogP contribution in [0.4, 0.5) is 5.82 Å². The molecule has 4 aromatic rings. The summed E-state index contributed by atoms with van der Waals surface area (Å²) in [4.78, 5) is 12.6. The minimum atomic E-state index is 0.763. The van der Waals surface area contributed by atoms with E-state index in [4.69, 9.17) is 9.97 Å². The van der Waals surface area contributed by atoms with Crippen LogP contribution in [0.15, 0.2) is 60.7 Å². The SMILES string of the molecule is c1ccc(CNc2nc(Cc3ccccc3)nc3sc4c(c23)CCCC4)cc1. The van der Waals surface area contributed by atoms with Gasteiger partial charge in [0, 0.05) is 17.8 Å². The van der Waals surface area contributed by atoms with E-state index in [1.807, 2.05) is 17.4 Å². The maximum atomic E-state index is 4.98. The van der Waals surface area contributed by atoms with E-state index in [-0.39, 0.29) is 0 Å². The van der Waals surface area contributed by atoms with Crippen LogP contribution in [0.3, 0.4) is 0 Å². The van der Waals surface area contributed by atoms with Gasteiger partial charge in [0.25, 0.3) is 0 Å². The molecule has 0 atom stereocenters. The molecule has 0 radical (unpaired) electrons. The van der Waals surface area contributed by atoms with E-state index in [1.54, 1.807) is 0 Å². The summed E-state index contributed by atoms with van der Waals surface area (Å²) in [5.41, 5.74) is 3.99. The van der Waals surface area contributed by atoms with Crippen LogP contribution < -0.4 is 5.32 Å². The highest BCUT2D eigenvalue weighted by atomic mass is 32.1. The molecule has 0 amide bonds. The normalized spacial score (nSPS) is 13.4. The molecule has 3 nitrogen and oxygen atoms in total. The van der Waals surface area contributed by atoms with E-state index >= 15 is 0 Å². The molecular weight excluding hydrogens is 362 g/mol. The van der Waals surface area contributed by atoms with Crippen LogP contribution in [-0.4, -0.2) is 9.97 Å². The van der Waals surface area contributed by atoms with Gasteiger partial charge in [-0.15, -0.1) is 11.3 Å². The Morgan fingerprint density at radius 2 is 1.54 bits per heavy atom. The van der Waals surface area contributed by atoms with Crippen molar-refractivity contribution in [2.75, 3.05) is 5.32 Å². The van der Waals surface area contributed by atoms with E-state index in [0.29, 0.717) is 0 Å². The molecule has 2 aromatic heterocycles. The molecule has 1 aliphatic rings. The fourth-order valence-corrected chi connectivity index (χ4v) is 5.25. The van der Waals surface area contributed by atoms with Gasteiger partial charge < -0.3 is 5.32 Å². The van der Waals surface area contributed by atoms with Crippen LogP contribution in [0, 0.1) is 0 Å². The third-order valence-corrected chi connectivity index (χ3v) is 6.55. The first kappa shape index (κ1) is 17.4. The lowest BCUT2D eigenvalue weighted by molar-refractivity contribution is 0.700. The Labute approximate surface area is 169 Å². The third-order valence-electron chi connectivity index (χ3n) is 5.37. The first-order valence-electron chi connectivity index (χ1n) is 10.00. The molecule has 0 spiro atoms. The van der Waals surface area contributed by atoms with Crippen LogP contribution >= 0.6 is 11.3 Å². The summed E-state index contributed by atoms with van der Waals surface area (Å²) in [6, 6.07) is 21.0. The van der Waals surface area contributed by atoms with Gasteiger partial charge >= 0.3 is 0 Å². The van der Waals surface area contributed by atoms with Crippen LogP contribution in [-0.2, 0) is 25.8 Å². The molecule has 0 bridgehead atoms. The average molecular weight is 386 g/mol. The van der Waals surface area contributed by atoms with Gasteiger partial charge in [0.1, 0.15) is 16.5 Å². The smallest absolute Gasteiger partial charge is 0.139 e. The summed E-state index contributed by atoms with van der Waals surface area (Å²) in [6.07, 6.45) is 5.65. The maximum Gasteiger partial charge on any atom is 0.139 e. The summed E-state index contributed by atoms with van der Waals surface area (Å²) in [5, 5.41) is 4.88. The van der Waals surface area contributed by atoms with Crippen LogP contribution in [0.2, 0.25) is 0 Å². The van der Waals surface area contributed by atoms with Crippen molar-refractivity contribution in [2.45, 2.75) is 38.6 Å². The molecule has 1 aliphatic carbocycles. The lowest BCUT2D eigenvalue weighted by Crippen LogP contribution is -2.07.